The highest BCUT2D eigenvalue weighted by atomic mass is 16.7. The van der Waals surface area contributed by atoms with Crippen molar-refractivity contribution in [2.45, 2.75) is 19.4 Å². The van der Waals surface area contributed by atoms with Crippen molar-refractivity contribution in [3.8, 4) is 11.5 Å². The molecule has 3 heterocycles. The van der Waals surface area contributed by atoms with E-state index < -0.39 is 0 Å². The zero-order chi connectivity index (χ0) is 17.7. The van der Waals surface area contributed by atoms with Crippen LogP contribution >= 0.6 is 0 Å². The maximum absolute atomic E-state index is 12.1. The summed E-state index contributed by atoms with van der Waals surface area (Å²) in [5, 5.41) is 6.05. The van der Waals surface area contributed by atoms with Gasteiger partial charge in [-0.15, -0.1) is 0 Å². The lowest BCUT2D eigenvalue weighted by atomic mass is 10.0. The standard InChI is InChI=1S/C19H16N4O3/c1-11(24)23-16(12-6-7-17-18(8-12)26-10-25-17)9-15(22-23)19-20-13-4-2-3-5-14(13)21-19/h2-8,16H,9-10H2,1H3,(H,20,21)/t16-/m1/s1. The number of aromatic nitrogens is 2. The van der Waals surface area contributed by atoms with Crippen molar-refractivity contribution in [1.82, 2.24) is 15.0 Å². The lowest BCUT2D eigenvalue weighted by Gasteiger charge is -2.20. The second-order valence-electron chi connectivity index (χ2n) is 6.35. The highest BCUT2D eigenvalue weighted by Gasteiger charge is 2.33. The van der Waals surface area contributed by atoms with Crippen LogP contribution in [0.4, 0.5) is 0 Å². The van der Waals surface area contributed by atoms with Crippen LogP contribution in [0.25, 0.3) is 11.0 Å². The Morgan fingerprint density at radius 3 is 2.88 bits per heavy atom. The predicted molar refractivity (Wildman–Crippen MR) is 95.1 cm³/mol. The highest BCUT2D eigenvalue weighted by Crippen LogP contribution is 2.39. The molecule has 2 aliphatic heterocycles. The lowest BCUT2D eigenvalue weighted by Crippen LogP contribution is -2.24. The third-order valence-electron chi connectivity index (χ3n) is 4.68. The fraction of sp³-hybridized carbons (Fsp3) is 0.211. The number of fused-ring (bicyclic) bond motifs is 2. The number of carbonyl (C=O) groups is 1. The second-order valence-corrected chi connectivity index (χ2v) is 6.35. The van der Waals surface area contributed by atoms with Crippen LogP contribution in [0.3, 0.4) is 0 Å². The minimum atomic E-state index is -0.190. The Kier molecular flexibility index (Phi) is 3.21. The van der Waals surface area contributed by atoms with E-state index in [1.165, 1.54) is 11.9 Å². The third-order valence-corrected chi connectivity index (χ3v) is 4.68. The third kappa shape index (κ3) is 2.32. The summed E-state index contributed by atoms with van der Waals surface area (Å²) in [5.41, 5.74) is 3.55. The van der Waals surface area contributed by atoms with E-state index in [0.717, 1.165) is 28.1 Å². The fourth-order valence-electron chi connectivity index (χ4n) is 3.41. The maximum Gasteiger partial charge on any atom is 0.240 e. The lowest BCUT2D eigenvalue weighted by molar-refractivity contribution is -0.130. The summed E-state index contributed by atoms with van der Waals surface area (Å²) >= 11 is 0. The number of H-pyrrole nitrogens is 1. The van der Waals surface area contributed by atoms with Crippen LogP contribution in [-0.4, -0.2) is 33.4 Å². The first-order chi connectivity index (χ1) is 12.7. The molecule has 1 atom stereocenters. The van der Waals surface area contributed by atoms with Crippen molar-refractivity contribution in [2.24, 2.45) is 5.10 Å². The Bertz CT molecular complexity index is 1020. The molecule has 1 N–H and O–H groups in total. The summed E-state index contributed by atoms with van der Waals surface area (Å²) in [6.45, 7) is 1.74. The Labute approximate surface area is 149 Å². The number of imidazole rings is 1. The summed E-state index contributed by atoms with van der Waals surface area (Å²) in [7, 11) is 0. The van der Waals surface area contributed by atoms with Crippen molar-refractivity contribution in [1.29, 1.82) is 0 Å². The van der Waals surface area contributed by atoms with E-state index in [1.807, 2.05) is 42.5 Å². The number of hydrazone groups is 1. The minimum absolute atomic E-state index is 0.112. The van der Waals surface area contributed by atoms with Crippen molar-refractivity contribution in [2.75, 3.05) is 6.79 Å². The van der Waals surface area contributed by atoms with Gasteiger partial charge in [-0.2, -0.15) is 5.10 Å². The molecule has 0 unspecified atom stereocenters. The minimum Gasteiger partial charge on any atom is -0.454 e. The number of carbonyl (C=O) groups excluding carboxylic acids is 1. The van der Waals surface area contributed by atoms with E-state index in [-0.39, 0.29) is 18.7 Å². The molecule has 0 bridgehead atoms. The van der Waals surface area contributed by atoms with Gasteiger partial charge < -0.3 is 14.5 Å². The molecule has 2 aromatic carbocycles. The molecule has 5 rings (SSSR count). The monoisotopic (exact) mass is 348 g/mol. The summed E-state index contributed by atoms with van der Waals surface area (Å²) in [4.78, 5) is 20.0. The van der Waals surface area contributed by atoms with Gasteiger partial charge in [0.2, 0.25) is 12.7 Å². The summed E-state index contributed by atoms with van der Waals surface area (Å²) in [6.07, 6.45) is 0.582. The van der Waals surface area contributed by atoms with Gasteiger partial charge in [0.25, 0.3) is 0 Å². The quantitative estimate of drug-likeness (QED) is 0.772. The average Bonchev–Trinajstić information content (AvgIpc) is 3.37. The molecular formula is C19H16N4O3. The molecule has 0 spiro atoms. The Hall–Kier alpha value is -3.35. The second kappa shape index (κ2) is 5.59. The van der Waals surface area contributed by atoms with E-state index in [0.29, 0.717) is 18.0 Å². The molecule has 0 radical (unpaired) electrons. The first-order valence-corrected chi connectivity index (χ1v) is 8.41. The van der Waals surface area contributed by atoms with E-state index in [4.69, 9.17) is 9.47 Å². The van der Waals surface area contributed by atoms with Gasteiger partial charge in [-0.3, -0.25) is 4.79 Å². The number of benzene rings is 2. The van der Waals surface area contributed by atoms with Gasteiger partial charge in [-0.1, -0.05) is 18.2 Å². The molecule has 7 heteroatoms. The van der Waals surface area contributed by atoms with Gasteiger partial charge in [0.15, 0.2) is 17.3 Å². The Morgan fingerprint density at radius 1 is 1.19 bits per heavy atom. The number of nitrogens with zero attached hydrogens (tertiary/aromatic N) is 3. The van der Waals surface area contributed by atoms with Gasteiger partial charge in [-0.25, -0.2) is 9.99 Å². The molecule has 0 saturated heterocycles. The molecule has 0 fully saturated rings. The number of amides is 1. The number of ether oxygens (including phenoxy) is 2. The van der Waals surface area contributed by atoms with Gasteiger partial charge >= 0.3 is 0 Å². The van der Waals surface area contributed by atoms with Crippen molar-refractivity contribution < 1.29 is 14.3 Å². The van der Waals surface area contributed by atoms with Crippen molar-refractivity contribution in [3.63, 3.8) is 0 Å². The van der Waals surface area contributed by atoms with Gasteiger partial charge in [0.05, 0.1) is 17.1 Å². The number of para-hydroxylation sites is 2. The Balaban J connectivity index is 1.51. The van der Waals surface area contributed by atoms with Crippen LogP contribution in [-0.2, 0) is 4.79 Å². The fourth-order valence-corrected chi connectivity index (χ4v) is 3.41. The van der Waals surface area contributed by atoms with E-state index >= 15 is 0 Å². The van der Waals surface area contributed by atoms with E-state index in [1.54, 1.807) is 0 Å². The van der Waals surface area contributed by atoms with Crippen molar-refractivity contribution in [3.05, 3.63) is 53.9 Å². The van der Waals surface area contributed by atoms with Gasteiger partial charge in [0.1, 0.15) is 5.71 Å². The summed E-state index contributed by atoms with van der Waals surface area (Å²) in [5.74, 6) is 2.00. The zero-order valence-electron chi connectivity index (χ0n) is 14.1. The van der Waals surface area contributed by atoms with E-state index in [9.17, 15) is 4.79 Å². The summed E-state index contributed by atoms with van der Waals surface area (Å²) < 4.78 is 10.8. The topological polar surface area (TPSA) is 79.8 Å². The van der Waals surface area contributed by atoms with Crippen LogP contribution in [0.1, 0.15) is 30.8 Å². The molecule has 0 saturated carbocycles. The zero-order valence-corrected chi connectivity index (χ0v) is 14.1. The van der Waals surface area contributed by atoms with E-state index in [2.05, 4.69) is 15.1 Å². The largest absolute Gasteiger partial charge is 0.454 e. The smallest absolute Gasteiger partial charge is 0.240 e. The van der Waals surface area contributed by atoms with Crippen LogP contribution in [0.15, 0.2) is 47.6 Å². The maximum atomic E-state index is 12.1. The number of hydrogen-bond acceptors (Lipinski definition) is 5. The van der Waals surface area contributed by atoms with Gasteiger partial charge in [0, 0.05) is 13.3 Å². The number of nitrogens with one attached hydrogen (secondary N) is 1. The first kappa shape index (κ1) is 14.9. The number of hydrogen-bond donors (Lipinski definition) is 1. The molecule has 7 nitrogen and oxygen atoms in total. The van der Waals surface area contributed by atoms with Crippen LogP contribution in [0.2, 0.25) is 0 Å². The Morgan fingerprint density at radius 2 is 2.04 bits per heavy atom. The van der Waals surface area contributed by atoms with Crippen molar-refractivity contribution >= 4 is 22.7 Å². The molecule has 1 amide bonds. The van der Waals surface area contributed by atoms with Crippen LogP contribution in [0.5, 0.6) is 11.5 Å². The summed E-state index contributed by atoms with van der Waals surface area (Å²) in [6, 6.07) is 13.4. The number of rotatable bonds is 2. The molecule has 3 aromatic rings. The molecular weight excluding hydrogens is 332 g/mol. The molecule has 130 valence electrons. The SMILES string of the molecule is CC(=O)N1N=C(c2nc3ccccc3[nH]2)C[C@@H]1c1ccc2c(c1)OCO2. The predicted octanol–water partition coefficient (Wildman–Crippen LogP) is 2.99. The van der Waals surface area contributed by atoms with Crippen LogP contribution < -0.4 is 9.47 Å². The normalized spacial score (nSPS) is 18.4. The molecule has 2 aliphatic rings. The number of aromatic amines is 1. The molecule has 0 aliphatic carbocycles. The van der Waals surface area contributed by atoms with Gasteiger partial charge in [-0.05, 0) is 29.8 Å². The first-order valence-electron chi connectivity index (χ1n) is 8.41. The average molecular weight is 348 g/mol. The van der Waals surface area contributed by atoms with Crippen LogP contribution in [0, 0.1) is 0 Å². The molecule has 1 aromatic heterocycles. The molecule has 26 heavy (non-hydrogen) atoms. The highest BCUT2D eigenvalue weighted by molar-refractivity contribution is 6.02.